The summed E-state index contributed by atoms with van der Waals surface area (Å²) >= 11 is 7.24. The van der Waals surface area contributed by atoms with Gasteiger partial charge in [0, 0.05) is 23.7 Å². The molecule has 0 unspecified atom stereocenters. The van der Waals surface area contributed by atoms with E-state index in [1.165, 1.54) is 0 Å². The van der Waals surface area contributed by atoms with Gasteiger partial charge in [0.1, 0.15) is 0 Å². The zero-order valence-corrected chi connectivity index (χ0v) is 15.4. The molecular weight excluding hydrogens is 285 g/mol. The Balaban J connectivity index is 4.91. The second-order valence-electron chi connectivity index (χ2n) is 5.38. The molecule has 0 aliphatic carbocycles. The van der Waals surface area contributed by atoms with Gasteiger partial charge in [-0.05, 0) is 67.2 Å². The van der Waals surface area contributed by atoms with Crippen molar-refractivity contribution in [3.05, 3.63) is 0 Å². The van der Waals surface area contributed by atoms with Gasteiger partial charge in [-0.1, -0.05) is 0 Å². The zero-order chi connectivity index (χ0) is 14.5. The second-order valence-corrected chi connectivity index (χ2v) is 11.4. The molecule has 0 atom stereocenters. The van der Waals surface area contributed by atoms with Crippen molar-refractivity contribution in [3.63, 3.8) is 0 Å². The highest BCUT2D eigenvalue weighted by molar-refractivity contribution is 8.67. The Morgan fingerprint density at radius 3 is 1.39 bits per heavy atom. The van der Waals surface area contributed by atoms with E-state index in [1.807, 2.05) is 27.7 Å². The van der Waals surface area contributed by atoms with Gasteiger partial charge in [-0.3, -0.25) is 0 Å². The third-order valence-corrected chi connectivity index (χ3v) is 7.28. The Morgan fingerprint density at radius 1 is 0.833 bits per heavy atom. The maximum absolute atomic E-state index is 5.90. The molecule has 0 saturated carbocycles. The van der Waals surface area contributed by atoms with Gasteiger partial charge < -0.3 is 9.05 Å². The fourth-order valence-corrected chi connectivity index (χ4v) is 8.06. The Labute approximate surface area is 122 Å². The lowest BCUT2D eigenvalue weighted by Crippen LogP contribution is -2.30. The normalized spacial score (nSPS) is 13.6. The fraction of sp³-hybridized carbons (Fsp3) is 1.00. The molecule has 18 heavy (non-hydrogen) atoms. The summed E-state index contributed by atoms with van der Waals surface area (Å²) < 4.78 is 14.1. The van der Waals surface area contributed by atoms with Crippen LogP contribution in [0.15, 0.2) is 0 Å². The van der Waals surface area contributed by atoms with Crippen molar-refractivity contribution in [2.75, 3.05) is 0 Å². The summed E-state index contributed by atoms with van der Waals surface area (Å²) in [6.45, 7) is 16.7. The first-order chi connectivity index (χ1) is 8.07. The van der Waals surface area contributed by atoms with Gasteiger partial charge in [0.05, 0.1) is 12.2 Å². The van der Waals surface area contributed by atoms with Crippen LogP contribution in [0.5, 0.6) is 0 Å². The van der Waals surface area contributed by atoms with E-state index in [4.69, 9.17) is 20.9 Å². The van der Waals surface area contributed by atoms with Crippen LogP contribution in [0, 0.1) is 0 Å². The lowest BCUT2D eigenvalue weighted by Gasteiger charge is -2.35. The molecule has 0 bridgehead atoms. The van der Waals surface area contributed by atoms with Crippen molar-refractivity contribution < 1.29 is 9.05 Å². The minimum absolute atomic E-state index is 0.0863. The summed E-state index contributed by atoms with van der Waals surface area (Å²) in [5, 5.41) is 0. The SMILES string of the molecule is CC(C)OP(=S)(OC(C)C)SN(C(C)C)C(C)C. The summed E-state index contributed by atoms with van der Waals surface area (Å²) in [6, 6.07) is 0.813. The van der Waals surface area contributed by atoms with E-state index in [0.717, 1.165) is 0 Å². The summed E-state index contributed by atoms with van der Waals surface area (Å²) in [6.07, 6.45) is 0.173. The van der Waals surface area contributed by atoms with Gasteiger partial charge in [0.2, 0.25) is 0 Å². The number of hydrogen-bond donors (Lipinski definition) is 0. The first kappa shape index (κ1) is 18.9. The summed E-state index contributed by atoms with van der Waals surface area (Å²) in [7, 11) is 0. The van der Waals surface area contributed by atoms with Crippen molar-refractivity contribution >= 4 is 29.1 Å². The third-order valence-electron chi connectivity index (χ3n) is 1.89. The molecule has 0 aliphatic heterocycles. The van der Waals surface area contributed by atoms with Gasteiger partial charge in [-0.2, -0.15) is 0 Å². The van der Waals surface area contributed by atoms with Crippen LogP contribution in [-0.4, -0.2) is 28.6 Å². The van der Waals surface area contributed by atoms with E-state index in [-0.39, 0.29) is 12.2 Å². The minimum atomic E-state index is -2.32. The highest BCUT2D eigenvalue weighted by Gasteiger charge is 2.29. The van der Waals surface area contributed by atoms with Crippen LogP contribution in [0.25, 0.3) is 0 Å². The molecule has 110 valence electrons. The molecule has 0 aliphatic rings. The molecule has 0 N–H and O–H groups in total. The standard InChI is InChI=1S/C12H28NO2PS2/c1-9(2)13(10(3)4)18-16(17,14-11(5)6)15-12(7)8/h9-12H,1-8H3. The molecule has 0 amide bonds. The van der Waals surface area contributed by atoms with Crippen LogP contribution in [0.3, 0.4) is 0 Å². The van der Waals surface area contributed by atoms with Crippen LogP contribution in [-0.2, 0) is 20.9 Å². The van der Waals surface area contributed by atoms with Crippen LogP contribution in [0.4, 0.5) is 0 Å². The Bertz CT molecular complexity index is 261. The van der Waals surface area contributed by atoms with Gasteiger partial charge in [-0.15, -0.1) is 0 Å². The fourth-order valence-electron chi connectivity index (χ4n) is 1.48. The molecule has 3 nitrogen and oxygen atoms in total. The molecular formula is C12H28NO2PS2. The topological polar surface area (TPSA) is 21.7 Å². The maximum atomic E-state index is 5.90. The van der Waals surface area contributed by atoms with Crippen LogP contribution in [0.1, 0.15) is 55.4 Å². The van der Waals surface area contributed by atoms with Crippen LogP contribution < -0.4 is 0 Å². The lowest BCUT2D eigenvalue weighted by molar-refractivity contribution is 0.184. The lowest BCUT2D eigenvalue weighted by atomic mass is 10.3. The van der Waals surface area contributed by atoms with Crippen molar-refractivity contribution in [2.45, 2.75) is 79.7 Å². The zero-order valence-electron chi connectivity index (χ0n) is 12.8. The van der Waals surface area contributed by atoms with Crippen molar-refractivity contribution in [2.24, 2.45) is 0 Å². The van der Waals surface area contributed by atoms with E-state index in [9.17, 15) is 0 Å². The Morgan fingerprint density at radius 2 is 1.17 bits per heavy atom. The molecule has 0 fully saturated rings. The average molecular weight is 313 g/mol. The van der Waals surface area contributed by atoms with Crippen molar-refractivity contribution in [1.82, 2.24) is 4.31 Å². The number of nitrogens with zero attached hydrogens (tertiary/aromatic N) is 1. The molecule has 0 aromatic carbocycles. The molecule has 0 aromatic rings. The van der Waals surface area contributed by atoms with Crippen molar-refractivity contribution in [3.8, 4) is 0 Å². The van der Waals surface area contributed by atoms with E-state index in [0.29, 0.717) is 12.1 Å². The highest BCUT2D eigenvalue weighted by Crippen LogP contribution is 2.64. The maximum Gasteiger partial charge on any atom is 0.263 e. The summed E-state index contributed by atoms with van der Waals surface area (Å²) in [5.41, 5.74) is -2.32. The third kappa shape index (κ3) is 7.46. The van der Waals surface area contributed by atoms with Crippen LogP contribution >= 0.6 is 17.3 Å². The second kappa shape index (κ2) is 8.23. The molecule has 0 radical (unpaired) electrons. The van der Waals surface area contributed by atoms with Gasteiger partial charge in [-0.25, -0.2) is 4.31 Å². The van der Waals surface area contributed by atoms with E-state index in [1.54, 1.807) is 11.6 Å². The largest absolute Gasteiger partial charge is 0.318 e. The van der Waals surface area contributed by atoms with E-state index in [2.05, 4.69) is 32.0 Å². The monoisotopic (exact) mass is 313 g/mol. The smallest absolute Gasteiger partial charge is 0.263 e. The molecule has 0 heterocycles. The van der Waals surface area contributed by atoms with Gasteiger partial charge >= 0.3 is 0 Å². The molecule has 6 heteroatoms. The Kier molecular flexibility index (Phi) is 8.63. The van der Waals surface area contributed by atoms with E-state index < -0.39 is 5.69 Å². The minimum Gasteiger partial charge on any atom is -0.318 e. The highest BCUT2D eigenvalue weighted by atomic mass is 32.9. The van der Waals surface area contributed by atoms with Crippen molar-refractivity contribution in [1.29, 1.82) is 0 Å². The van der Waals surface area contributed by atoms with E-state index >= 15 is 0 Å². The number of hydrogen-bond acceptors (Lipinski definition) is 5. The summed E-state index contributed by atoms with van der Waals surface area (Å²) in [4.78, 5) is 0. The first-order valence-corrected chi connectivity index (χ1v) is 10.5. The molecule has 0 saturated heterocycles. The molecule has 0 aromatic heterocycles. The first-order valence-electron chi connectivity index (χ1n) is 6.52. The predicted molar refractivity (Wildman–Crippen MR) is 86.4 cm³/mol. The predicted octanol–water partition coefficient (Wildman–Crippen LogP) is 4.83. The molecule has 0 rings (SSSR count). The Hall–Kier alpha value is 0.880. The van der Waals surface area contributed by atoms with Crippen LogP contribution in [0.2, 0.25) is 0 Å². The summed E-state index contributed by atoms with van der Waals surface area (Å²) in [5.74, 6) is 0. The van der Waals surface area contributed by atoms with Gasteiger partial charge in [0.25, 0.3) is 5.69 Å². The molecule has 0 spiro atoms. The number of rotatable bonds is 8. The van der Waals surface area contributed by atoms with Gasteiger partial charge in [0.15, 0.2) is 0 Å². The quantitative estimate of drug-likeness (QED) is 0.471. The average Bonchev–Trinajstić information content (AvgIpc) is 2.10.